The Labute approximate surface area is 73.2 Å². The standard InChI is InChI=1S/C7H13F3.C2H6/c1-4-5-6(2,3)7(8,9)10;1-2/h4-5H2,1-3H3;1-2H3. The molecule has 0 spiro atoms. The molecule has 0 fully saturated rings. The van der Waals surface area contributed by atoms with Crippen molar-refractivity contribution in [1.29, 1.82) is 0 Å². The van der Waals surface area contributed by atoms with Crippen LogP contribution in [0.3, 0.4) is 0 Å². The normalized spacial score (nSPS) is 12.0. The molecule has 0 aliphatic rings. The van der Waals surface area contributed by atoms with E-state index < -0.39 is 11.6 Å². The third-order valence-electron chi connectivity index (χ3n) is 1.64. The summed E-state index contributed by atoms with van der Waals surface area (Å²) in [7, 11) is 0. The largest absolute Gasteiger partial charge is 0.393 e. The van der Waals surface area contributed by atoms with Crippen LogP contribution in [0.5, 0.6) is 0 Å². The van der Waals surface area contributed by atoms with Crippen molar-refractivity contribution in [3.05, 3.63) is 0 Å². The number of hydrogen-bond donors (Lipinski definition) is 0. The molecule has 0 atom stereocenters. The van der Waals surface area contributed by atoms with Gasteiger partial charge in [-0.15, -0.1) is 0 Å². The van der Waals surface area contributed by atoms with Gasteiger partial charge in [-0.1, -0.05) is 41.0 Å². The maximum atomic E-state index is 12.0. The highest BCUT2D eigenvalue weighted by Gasteiger charge is 2.46. The topological polar surface area (TPSA) is 0 Å². The number of rotatable bonds is 2. The molecule has 0 bridgehead atoms. The molecule has 0 aromatic carbocycles. The van der Waals surface area contributed by atoms with E-state index in [1.54, 1.807) is 6.92 Å². The van der Waals surface area contributed by atoms with Crippen LogP contribution in [0, 0.1) is 5.41 Å². The van der Waals surface area contributed by atoms with E-state index in [-0.39, 0.29) is 6.42 Å². The Hall–Kier alpha value is -0.210. The van der Waals surface area contributed by atoms with Gasteiger partial charge in [0.25, 0.3) is 0 Å². The summed E-state index contributed by atoms with van der Waals surface area (Å²) < 4.78 is 36.1. The second-order valence-electron chi connectivity index (χ2n) is 3.13. The van der Waals surface area contributed by atoms with Crippen LogP contribution in [0.1, 0.15) is 47.5 Å². The van der Waals surface area contributed by atoms with E-state index in [1.165, 1.54) is 13.8 Å². The van der Waals surface area contributed by atoms with Gasteiger partial charge >= 0.3 is 6.18 Å². The van der Waals surface area contributed by atoms with Crippen LogP contribution in [-0.2, 0) is 0 Å². The Morgan fingerprint density at radius 1 is 1.00 bits per heavy atom. The second kappa shape index (κ2) is 5.44. The molecular formula is C9H19F3. The van der Waals surface area contributed by atoms with Crippen LogP contribution < -0.4 is 0 Å². The fraction of sp³-hybridized carbons (Fsp3) is 1.00. The van der Waals surface area contributed by atoms with Crippen molar-refractivity contribution in [3.63, 3.8) is 0 Å². The Morgan fingerprint density at radius 2 is 1.33 bits per heavy atom. The summed E-state index contributed by atoms with van der Waals surface area (Å²) in [6, 6.07) is 0. The van der Waals surface area contributed by atoms with Gasteiger partial charge < -0.3 is 0 Å². The van der Waals surface area contributed by atoms with Gasteiger partial charge in [0.15, 0.2) is 0 Å². The molecule has 76 valence electrons. The smallest absolute Gasteiger partial charge is 0.171 e. The van der Waals surface area contributed by atoms with Crippen molar-refractivity contribution < 1.29 is 13.2 Å². The molecule has 0 heterocycles. The van der Waals surface area contributed by atoms with Crippen LogP contribution >= 0.6 is 0 Å². The molecular weight excluding hydrogens is 165 g/mol. The van der Waals surface area contributed by atoms with Gasteiger partial charge in [-0.25, -0.2) is 0 Å². The lowest BCUT2D eigenvalue weighted by molar-refractivity contribution is -0.213. The second-order valence-corrected chi connectivity index (χ2v) is 3.13. The minimum absolute atomic E-state index is 0.205. The lowest BCUT2D eigenvalue weighted by Gasteiger charge is -2.26. The van der Waals surface area contributed by atoms with Crippen LogP contribution in [0.4, 0.5) is 13.2 Å². The summed E-state index contributed by atoms with van der Waals surface area (Å²) in [5, 5.41) is 0. The molecule has 12 heavy (non-hydrogen) atoms. The number of halogens is 3. The summed E-state index contributed by atoms with van der Waals surface area (Å²) in [6.07, 6.45) is -3.27. The van der Waals surface area contributed by atoms with Crippen LogP contribution in [0.2, 0.25) is 0 Å². The van der Waals surface area contributed by atoms with Gasteiger partial charge in [0.2, 0.25) is 0 Å². The molecule has 0 radical (unpaired) electrons. The molecule has 0 aliphatic carbocycles. The van der Waals surface area contributed by atoms with E-state index in [2.05, 4.69) is 0 Å². The van der Waals surface area contributed by atoms with Crippen molar-refractivity contribution >= 4 is 0 Å². The Bertz CT molecular complexity index is 103. The lowest BCUT2D eigenvalue weighted by Crippen LogP contribution is -2.31. The molecule has 0 amide bonds. The first-order valence-corrected chi connectivity index (χ1v) is 4.38. The van der Waals surface area contributed by atoms with E-state index in [9.17, 15) is 13.2 Å². The van der Waals surface area contributed by atoms with Crippen molar-refractivity contribution in [2.24, 2.45) is 5.41 Å². The molecule has 0 nitrogen and oxygen atoms in total. The average Bonchev–Trinajstić information content (AvgIpc) is 1.89. The highest BCUT2D eigenvalue weighted by atomic mass is 19.4. The Morgan fingerprint density at radius 3 is 1.42 bits per heavy atom. The summed E-state index contributed by atoms with van der Waals surface area (Å²) in [5.41, 5.74) is -1.51. The predicted octanol–water partition coefficient (Wildman–Crippen LogP) is 4.40. The number of hydrogen-bond acceptors (Lipinski definition) is 0. The lowest BCUT2D eigenvalue weighted by atomic mass is 9.87. The van der Waals surface area contributed by atoms with Gasteiger partial charge in [0, 0.05) is 0 Å². The average molecular weight is 184 g/mol. The van der Waals surface area contributed by atoms with Gasteiger partial charge in [-0.2, -0.15) is 13.2 Å². The third kappa shape index (κ3) is 4.62. The fourth-order valence-corrected chi connectivity index (χ4v) is 0.767. The molecule has 0 unspecified atom stereocenters. The first-order chi connectivity index (χ1) is 5.31. The third-order valence-corrected chi connectivity index (χ3v) is 1.64. The molecule has 3 heteroatoms. The van der Waals surface area contributed by atoms with Gasteiger partial charge in [0.05, 0.1) is 5.41 Å². The van der Waals surface area contributed by atoms with E-state index in [0.29, 0.717) is 6.42 Å². The van der Waals surface area contributed by atoms with Crippen molar-refractivity contribution in [2.75, 3.05) is 0 Å². The monoisotopic (exact) mass is 184 g/mol. The van der Waals surface area contributed by atoms with E-state index in [1.807, 2.05) is 13.8 Å². The molecule has 0 rings (SSSR count). The molecule has 0 saturated heterocycles. The summed E-state index contributed by atoms with van der Waals surface area (Å²) >= 11 is 0. The minimum Gasteiger partial charge on any atom is -0.171 e. The van der Waals surface area contributed by atoms with Gasteiger partial charge in [-0.3, -0.25) is 0 Å². The molecule has 0 saturated carbocycles. The van der Waals surface area contributed by atoms with Gasteiger partial charge in [-0.05, 0) is 6.42 Å². The minimum atomic E-state index is -4.05. The molecule has 0 aliphatic heterocycles. The SMILES string of the molecule is CC.CCCC(C)(C)C(F)(F)F. The van der Waals surface area contributed by atoms with Crippen molar-refractivity contribution in [3.8, 4) is 0 Å². The Balaban J connectivity index is 0. The maximum absolute atomic E-state index is 12.0. The van der Waals surface area contributed by atoms with Crippen LogP contribution in [0.25, 0.3) is 0 Å². The quantitative estimate of drug-likeness (QED) is 0.596. The van der Waals surface area contributed by atoms with E-state index in [4.69, 9.17) is 0 Å². The van der Waals surface area contributed by atoms with Crippen LogP contribution in [0.15, 0.2) is 0 Å². The first kappa shape index (κ1) is 14.3. The van der Waals surface area contributed by atoms with E-state index >= 15 is 0 Å². The summed E-state index contributed by atoms with van der Waals surface area (Å²) in [4.78, 5) is 0. The highest BCUT2D eigenvalue weighted by molar-refractivity contribution is 4.75. The first-order valence-electron chi connectivity index (χ1n) is 4.38. The number of alkyl halides is 3. The van der Waals surface area contributed by atoms with Crippen LogP contribution in [-0.4, -0.2) is 6.18 Å². The summed E-state index contributed by atoms with van der Waals surface area (Å²) in [6.45, 7) is 8.22. The fourth-order valence-electron chi connectivity index (χ4n) is 0.767. The highest BCUT2D eigenvalue weighted by Crippen LogP contribution is 2.40. The van der Waals surface area contributed by atoms with Gasteiger partial charge in [0.1, 0.15) is 0 Å². The Kier molecular flexibility index (Phi) is 6.49. The van der Waals surface area contributed by atoms with E-state index in [0.717, 1.165) is 0 Å². The molecule has 0 N–H and O–H groups in total. The zero-order chi connectivity index (χ0) is 10.4. The van der Waals surface area contributed by atoms with Crippen molar-refractivity contribution in [1.82, 2.24) is 0 Å². The van der Waals surface area contributed by atoms with Crippen molar-refractivity contribution in [2.45, 2.75) is 53.6 Å². The zero-order valence-electron chi connectivity index (χ0n) is 8.55. The maximum Gasteiger partial charge on any atom is 0.393 e. The molecule has 0 aromatic rings. The predicted molar refractivity (Wildman–Crippen MR) is 46.1 cm³/mol. The molecule has 0 aromatic heterocycles. The zero-order valence-corrected chi connectivity index (χ0v) is 8.55. The summed E-state index contributed by atoms with van der Waals surface area (Å²) in [5.74, 6) is 0.